The van der Waals surface area contributed by atoms with Crippen LogP contribution in [0.4, 0.5) is 0 Å². The Kier molecular flexibility index (Phi) is 9.37. The molecule has 0 unspecified atom stereocenters. The Bertz CT molecular complexity index is 431. The molecule has 0 saturated heterocycles. The summed E-state index contributed by atoms with van der Waals surface area (Å²) in [7, 11) is 0. The number of hydrogen-bond acceptors (Lipinski definition) is 5. The Balaban J connectivity index is 0.000000399. The van der Waals surface area contributed by atoms with Crippen molar-refractivity contribution < 1.29 is 9.59 Å². The van der Waals surface area contributed by atoms with Crippen LogP contribution in [0.2, 0.25) is 0 Å². The molecule has 5 heteroatoms. The van der Waals surface area contributed by atoms with Crippen molar-refractivity contribution in [1.29, 1.82) is 0 Å². The van der Waals surface area contributed by atoms with Crippen LogP contribution in [0.15, 0.2) is 33.1 Å². The van der Waals surface area contributed by atoms with Crippen molar-refractivity contribution in [3.05, 3.63) is 35.4 Å². The molecule has 1 aromatic carbocycles. The van der Waals surface area contributed by atoms with Crippen molar-refractivity contribution >= 4 is 24.3 Å². The van der Waals surface area contributed by atoms with E-state index in [0.717, 1.165) is 0 Å². The molecule has 0 aliphatic rings. The first-order valence-electron chi connectivity index (χ1n) is 5.93. The van der Waals surface area contributed by atoms with E-state index in [1.165, 1.54) is 23.3 Å². The second-order valence-corrected chi connectivity index (χ2v) is 4.91. The molecule has 0 bridgehead atoms. The van der Waals surface area contributed by atoms with Crippen LogP contribution >= 0.6 is 12.1 Å². The minimum Gasteiger partial charge on any atom is -0.210 e. The van der Waals surface area contributed by atoms with Crippen molar-refractivity contribution in [3.63, 3.8) is 0 Å². The first kappa shape index (κ1) is 17.3. The van der Waals surface area contributed by atoms with Crippen molar-refractivity contribution in [3.8, 4) is 0 Å². The zero-order chi connectivity index (χ0) is 14.7. The smallest absolute Gasteiger partial charge is 0.210 e. The van der Waals surface area contributed by atoms with E-state index in [9.17, 15) is 9.59 Å². The molecule has 102 valence electrons. The number of carbonyl (C=O) groups excluding carboxylic acids is 2. The number of hydrogen-bond donors (Lipinski definition) is 0. The fourth-order valence-corrected chi connectivity index (χ4v) is 1.72. The summed E-state index contributed by atoms with van der Waals surface area (Å²) in [5, 5.41) is 0. The summed E-state index contributed by atoms with van der Waals surface area (Å²) in [6.45, 7) is 9.00. The van der Waals surface area contributed by atoms with Gasteiger partial charge in [-0.2, -0.15) is 0 Å². The lowest BCUT2D eigenvalue weighted by Crippen LogP contribution is -1.97. The number of rotatable bonds is 4. The van der Waals surface area contributed by atoms with Crippen LogP contribution in [-0.4, -0.2) is 12.2 Å². The van der Waals surface area contributed by atoms with Gasteiger partial charge < -0.3 is 0 Å². The molecule has 0 saturated carbocycles. The van der Waals surface area contributed by atoms with Gasteiger partial charge in [0.15, 0.2) is 0 Å². The molecule has 0 fully saturated rings. The maximum absolute atomic E-state index is 9.18. The van der Waals surface area contributed by atoms with Crippen molar-refractivity contribution in [2.24, 2.45) is 8.80 Å². The average molecular weight is 278 g/mol. The first-order valence-corrected chi connectivity index (χ1v) is 6.67. The molecular weight excluding hydrogens is 260 g/mol. The van der Waals surface area contributed by atoms with Gasteiger partial charge >= 0.3 is 0 Å². The van der Waals surface area contributed by atoms with Gasteiger partial charge in [-0.15, -0.1) is 8.80 Å². The van der Waals surface area contributed by atoms with Crippen LogP contribution in [0, 0.1) is 0 Å². The molecule has 0 N–H and O–H groups in total. The molecule has 1 rings (SSSR count). The largest absolute Gasteiger partial charge is 0.249 e. The number of nitrogens with zero attached hydrogens (tertiary/aromatic N) is 2. The molecule has 4 nitrogen and oxygen atoms in total. The van der Waals surface area contributed by atoms with Crippen LogP contribution in [0.3, 0.4) is 0 Å². The fraction of sp³-hybridized carbons (Fsp3) is 0.429. The van der Waals surface area contributed by atoms with Crippen molar-refractivity contribution in [2.75, 3.05) is 0 Å². The Morgan fingerprint density at radius 3 is 1.53 bits per heavy atom. The maximum atomic E-state index is 9.18. The SMILES string of the molecule is CC(C)c1ccccc1C(C)C.O=C=NSN=C=O. The Morgan fingerprint density at radius 2 is 1.26 bits per heavy atom. The molecule has 19 heavy (non-hydrogen) atoms. The highest BCUT2D eigenvalue weighted by Crippen LogP contribution is 2.25. The topological polar surface area (TPSA) is 58.9 Å². The van der Waals surface area contributed by atoms with E-state index < -0.39 is 0 Å². The van der Waals surface area contributed by atoms with Gasteiger partial charge in [-0.25, -0.2) is 9.59 Å². The van der Waals surface area contributed by atoms with Gasteiger partial charge in [0.25, 0.3) is 0 Å². The van der Waals surface area contributed by atoms with Crippen molar-refractivity contribution in [2.45, 2.75) is 39.5 Å². The summed E-state index contributed by atoms with van der Waals surface area (Å²) in [5.74, 6) is 1.28. The van der Waals surface area contributed by atoms with Gasteiger partial charge in [0.05, 0.1) is 0 Å². The van der Waals surface area contributed by atoms with E-state index in [0.29, 0.717) is 24.0 Å². The molecule has 0 spiro atoms. The van der Waals surface area contributed by atoms with E-state index in [-0.39, 0.29) is 0 Å². The molecule has 0 aliphatic heterocycles. The zero-order valence-electron chi connectivity index (χ0n) is 11.6. The third-order valence-electron chi connectivity index (χ3n) is 2.40. The molecule has 0 aromatic heterocycles. The predicted octanol–water partition coefficient (Wildman–Crippen LogP) is 4.15. The Morgan fingerprint density at radius 1 is 0.895 bits per heavy atom. The molecule has 0 atom stereocenters. The van der Waals surface area contributed by atoms with E-state index in [1.807, 2.05) is 0 Å². The Labute approximate surface area is 118 Å². The third-order valence-corrected chi connectivity index (χ3v) is 2.71. The number of isocyanates is 2. The summed E-state index contributed by atoms with van der Waals surface area (Å²) in [6, 6.07) is 8.72. The molecule has 0 amide bonds. The summed E-state index contributed by atoms with van der Waals surface area (Å²) >= 11 is 0.456. The van der Waals surface area contributed by atoms with Crippen LogP contribution in [0.25, 0.3) is 0 Å². The van der Waals surface area contributed by atoms with E-state index >= 15 is 0 Å². The summed E-state index contributed by atoms with van der Waals surface area (Å²) < 4.78 is 5.69. The van der Waals surface area contributed by atoms with Crippen LogP contribution in [-0.2, 0) is 9.59 Å². The summed E-state index contributed by atoms with van der Waals surface area (Å²) in [5.41, 5.74) is 2.99. The van der Waals surface area contributed by atoms with Crippen LogP contribution in [0.5, 0.6) is 0 Å². The molecule has 0 radical (unpaired) electrons. The second-order valence-electron chi connectivity index (χ2n) is 4.39. The second kappa shape index (κ2) is 10.3. The fourth-order valence-electron chi connectivity index (χ4n) is 1.62. The monoisotopic (exact) mass is 278 g/mol. The lowest BCUT2D eigenvalue weighted by atomic mass is 9.91. The standard InChI is InChI=1S/C12H18.C2N2O2S/c1-9(2)11-7-5-6-8-12(11)10(3)4;5-1-3-7-4-2-6/h5-10H,1-4H3;. The van der Waals surface area contributed by atoms with E-state index in [4.69, 9.17) is 0 Å². The minimum atomic E-state index is 0.456. The van der Waals surface area contributed by atoms with Gasteiger partial charge in [-0.1, -0.05) is 52.0 Å². The molecule has 0 aliphatic carbocycles. The highest BCUT2D eigenvalue weighted by atomic mass is 32.2. The molecule has 1 aromatic rings. The average Bonchev–Trinajstić information content (AvgIpc) is 2.40. The van der Waals surface area contributed by atoms with Crippen molar-refractivity contribution in [1.82, 2.24) is 0 Å². The number of benzene rings is 1. The Hall–Kier alpha value is -1.67. The van der Waals surface area contributed by atoms with Crippen LogP contribution < -0.4 is 0 Å². The van der Waals surface area contributed by atoms with Crippen LogP contribution in [0.1, 0.15) is 50.7 Å². The predicted molar refractivity (Wildman–Crippen MR) is 78.5 cm³/mol. The van der Waals surface area contributed by atoms with Gasteiger partial charge in [0.2, 0.25) is 12.2 Å². The first-order chi connectivity index (χ1) is 9.04. The van der Waals surface area contributed by atoms with Gasteiger partial charge in [-0.05, 0) is 23.0 Å². The van der Waals surface area contributed by atoms with Gasteiger partial charge in [0.1, 0.15) is 12.1 Å². The van der Waals surface area contributed by atoms with Gasteiger partial charge in [-0.3, -0.25) is 0 Å². The third kappa shape index (κ3) is 7.37. The molecular formula is C14H18N2O2S. The van der Waals surface area contributed by atoms with E-state index in [2.05, 4.69) is 60.8 Å². The zero-order valence-corrected chi connectivity index (χ0v) is 12.4. The highest BCUT2D eigenvalue weighted by molar-refractivity contribution is 7.96. The quantitative estimate of drug-likeness (QED) is 0.472. The lowest BCUT2D eigenvalue weighted by Gasteiger charge is -2.14. The minimum absolute atomic E-state index is 0.456. The maximum Gasteiger partial charge on any atom is 0.249 e. The summed E-state index contributed by atoms with van der Waals surface area (Å²) in [6.07, 6.45) is 2.34. The highest BCUT2D eigenvalue weighted by Gasteiger charge is 2.07. The lowest BCUT2D eigenvalue weighted by molar-refractivity contribution is 0.566. The van der Waals surface area contributed by atoms with E-state index in [1.54, 1.807) is 0 Å². The summed E-state index contributed by atoms with van der Waals surface area (Å²) in [4.78, 5) is 18.4. The normalized spacial score (nSPS) is 9.16. The van der Waals surface area contributed by atoms with Gasteiger partial charge in [0, 0.05) is 0 Å². The molecule has 0 heterocycles.